The van der Waals surface area contributed by atoms with E-state index in [0.29, 0.717) is 5.69 Å². The number of phenolic OH excluding ortho intramolecular Hbond substituents is 3. The van der Waals surface area contributed by atoms with Crippen LogP contribution >= 0.6 is 0 Å². The van der Waals surface area contributed by atoms with Crippen molar-refractivity contribution in [2.45, 2.75) is 0 Å². The first kappa shape index (κ1) is 12.8. The zero-order chi connectivity index (χ0) is 14.0. The SMILES string of the molecule is CN(C(=O)c1cc(O)ccc1O)c1ccc(O)cc1. The van der Waals surface area contributed by atoms with Gasteiger partial charge in [-0.1, -0.05) is 0 Å². The smallest absolute Gasteiger partial charge is 0.261 e. The summed E-state index contributed by atoms with van der Waals surface area (Å²) in [7, 11) is 1.54. The molecular formula is C14H13NO4. The molecule has 19 heavy (non-hydrogen) atoms. The number of rotatable bonds is 2. The van der Waals surface area contributed by atoms with Crippen LogP contribution in [0.1, 0.15) is 10.4 Å². The van der Waals surface area contributed by atoms with Crippen LogP contribution in [0.25, 0.3) is 0 Å². The number of carbonyl (C=O) groups is 1. The van der Waals surface area contributed by atoms with Crippen molar-refractivity contribution in [1.29, 1.82) is 0 Å². The number of phenols is 3. The molecule has 0 aliphatic rings. The molecule has 5 heteroatoms. The van der Waals surface area contributed by atoms with Gasteiger partial charge >= 0.3 is 0 Å². The van der Waals surface area contributed by atoms with Crippen molar-refractivity contribution < 1.29 is 20.1 Å². The molecule has 0 unspecified atom stereocenters. The molecule has 5 nitrogen and oxygen atoms in total. The van der Waals surface area contributed by atoms with E-state index in [1.165, 1.54) is 42.3 Å². The van der Waals surface area contributed by atoms with Crippen molar-refractivity contribution >= 4 is 11.6 Å². The Morgan fingerprint density at radius 3 is 2.16 bits per heavy atom. The highest BCUT2D eigenvalue weighted by atomic mass is 16.3. The predicted octanol–water partition coefficient (Wildman–Crippen LogP) is 2.08. The number of amides is 1. The lowest BCUT2D eigenvalue weighted by Gasteiger charge is -2.18. The van der Waals surface area contributed by atoms with Crippen molar-refractivity contribution in [2.75, 3.05) is 11.9 Å². The van der Waals surface area contributed by atoms with Gasteiger partial charge in [-0.3, -0.25) is 4.79 Å². The van der Waals surface area contributed by atoms with Gasteiger partial charge in [0.15, 0.2) is 0 Å². The second-order valence-electron chi connectivity index (χ2n) is 4.08. The Bertz CT molecular complexity index is 607. The molecule has 0 bridgehead atoms. The standard InChI is InChI=1S/C14H13NO4/c1-15(9-2-4-10(16)5-3-9)14(19)12-8-11(17)6-7-13(12)18/h2-8,16-18H,1H3. The molecule has 0 saturated heterocycles. The summed E-state index contributed by atoms with van der Waals surface area (Å²) >= 11 is 0. The quantitative estimate of drug-likeness (QED) is 0.721. The fourth-order valence-electron chi connectivity index (χ4n) is 1.67. The van der Waals surface area contributed by atoms with Crippen LogP contribution in [0.5, 0.6) is 17.2 Å². The third-order valence-electron chi connectivity index (χ3n) is 2.75. The van der Waals surface area contributed by atoms with Gasteiger partial charge in [0.2, 0.25) is 0 Å². The molecular weight excluding hydrogens is 246 g/mol. The lowest BCUT2D eigenvalue weighted by atomic mass is 10.1. The predicted molar refractivity (Wildman–Crippen MR) is 70.6 cm³/mol. The van der Waals surface area contributed by atoms with E-state index in [1.54, 1.807) is 12.1 Å². The van der Waals surface area contributed by atoms with Crippen LogP contribution in [0, 0.1) is 0 Å². The number of anilines is 1. The van der Waals surface area contributed by atoms with Gasteiger partial charge in [-0.25, -0.2) is 0 Å². The van der Waals surface area contributed by atoms with E-state index >= 15 is 0 Å². The molecule has 0 fully saturated rings. The Labute approximate surface area is 110 Å². The van der Waals surface area contributed by atoms with Crippen LogP contribution in [0.3, 0.4) is 0 Å². The van der Waals surface area contributed by atoms with E-state index in [-0.39, 0.29) is 22.8 Å². The maximum Gasteiger partial charge on any atom is 0.261 e. The van der Waals surface area contributed by atoms with E-state index in [2.05, 4.69) is 0 Å². The highest BCUT2D eigenvalue weighted by Gasteiger charge is 2.17. The first-order valence-electron chi connectivity index (χ1n) is 5.58. The average molecular weight is 259 g/mol. The van der Waals surface area contributed by atoms with E-state index < -0.39 is 5.91 Å². The molecule has 0 aliphatic heterocycles. The van der Waals surface area contributed by atoms with Crippen LogP contribution in [-0.4, -0.2) is 28.3 Å². The van der Waals surface area contributed by atoms with E-state index in [1.807, 2.05) is 0 Å². The van der Waals surface area contributed by atoms with E-state index in [0.717, 1.165) is 0 Å². The summed E-state index contributed by atoms with van der Waals surface area (Å²) in [6, 6.07) is 9.83. The van der Waals surface area contributed by atoms with Crippen LogP contribution in [-0.2, 0) is 0 Å². The largest absolute Gasteiger partial charge is 0.508 e. The zero-order valence-corrected chi connectivity index (χ0v) is 10.2. The average Bonchev–Trinajstić information content (AvgIpc) is 2.41. The molecule has 1 amide bonds. The molecule has 0 aromatic heterocycles. The third kappa shape index (κ3) is 2.60. The van der Waals surface area contributed by atoms with Gasteiger partial charge in [-0.2, -0.15) is 0 Å². The topological polar surface area (TPSA) is 81.0 Å². The summed E-state index contributed by atoms with van der Waals surface area (Å²) in [6.07, 6.45) is 0. The molecule has 0 saturated carbocycles. The van der Waals surface area contributed by atoms with Crippen molar-refractivity contribution in [3.63, 3.8) is 0 Å². The lowest BCUT2D eigenvalue weighted by molar-refractivity contribution is 0.0990. The van der Waals surface area contributed by atoms with Gasteiger partial charge in [-0.05, 0) is 42.5 Å². The fourth-order valence-corrected chi connectivity index (χ4v) is 1.67. The molecule has 2 aromatic rings. The zero-order valence-electron chi connectivity index (χ0n) is 10.2. The molecule has 0 radical (unpaired) electrons. The summed E-state index contributed by atoms with van der Waals surface area (Å²) in [5.41, 5.74) is 0.570. The van der Waals surface area contributed by atoms with E-state index in [9.17, 15) is 20.1 Å². The summed E-state index contributed by atoms with van der Waals surface area (Å²) in [4.78, 5) is 13.5. The Morgan fingerprint density at radius 2 is 1.53 bits per heavy atom. The molecule has 98 valence electrons. The first-order valence-corrected chi connectivity index (χ1v) is 5.58. The first-order chi connectivity index (χ1) is 8.99. The van der Waals surface area contributed by atoms with Gasteiger partial charge in [0.1, 0.15) is 17.2 Å². The Morgan fingerprint density at radius 1 is 0.947 bits per heavy atom. The van der Waals surface area contributed by atoms with Crippen molar-refractivity contribution in [3.05, 3.63) is 48.0 Å². The third-order valence-corrected chi connectivity index (χ3v) is 2.75. The molecule has 0 spiro atoms. The molecule has 0 atom stereocenters. The normalized spacial score (nSPS) is 10.2. The minimum atomic E-state index is -0.459. The minimum Gasteiger partial charge on any atom is -0.508 e. The molecule has 0 heterocycles. The van der Waals surface area contributed by atoms with Crippen LogP contribution in [0.2, 0.25) is 0 Å². The monoisotopic (exact) mass is 259 g/mol. The number of hydrogen-bond acceptors (Lipinski definition) is 4. The van der Waals surface area contributed by atoms with Gasteiger partial charge in [0.05, 0.1) is 5.56 Å². The van der Waals surface area contributed by atoms with Crippen molar-refractivity contribution in [1.82, 2.24) is 0 Å². The summed E-state index contributed by atoms with van der Waals surface area (Å²) in [5.74, 6) is -0.655. The van der Waals surface area contributed by atoms with Crippen LogP contribution in [0.4, 0.5) is 5.69 Å². The Balaban J connectivity index is 2.33. The second-order valence-corrected chi connectivity index (χ2v) is 4.08. The second kappa shape index (κ2) is 4.89. The number of benzene rings is 2. The maximum atomic E-state index is 12.2. The van der Waals surface area contributed by atoms with Crippen molar-refractivity contribution in [3.8, 4) is 17.2 Å². The molecule has 2 aromatic carbocycles. The molecule has 3 N–H and O–H groups in total. The lowest BCUT2D eigenvalue weighted by Crippen LogP contribution is -2.26. The number of hydrogen-bond donors (Lipinski definition) is 3. The van der Waals surface area contributed by atoms with Gasteiger partial charge in [0.25, 0.3) is 5.91 Å². The van der Waals surface area contributed by atoms with Crippen LogP contribution in [0.15, 0.2) is 42.5 Å². The minimum absolute atomic E-state index is 0.00979. The number of aromatic hydroxyl groups is 3. The van der Waals surface area contributed by atoms with Crippen molar-refractivity contribution in [2.24, 2.45) is 0 Å². The summed E-state index contributed by atoms with van der Waals surface area (Å²) < 4.78 is 0. The Kier molecular flexibility index (Phi) is 3.29. The maximum absolute atomic E-state index is 12.2. The highest BCUT2D eigenvalue weighted by Crippen LogP contribution is 2.25. The fraction of sp³-hybridized carbons (Fsp3) is 0.0714. The summed E-state index contributed by atoms with van der Waals surface area (Å²) in [5, 5.41) is 28.2. The summed E-state index contributed by atoms with van der Waals surface area (Å²) in [6.45, 7) is 0. The highest BCUT2D eigenvalue weighted by molar-refractivity contribution is 6.07. The van der Waals surface area contributed by atoms with Gasteiger partial charge < -0.3 is 20.2 Å². The van der Waals surface area contributed by atoms with E-state index in [4.69, 9.17) is 0 Å². The Hall–Kier alpha value is -2.69. The number of carbonyl (C=O) groups excluding carboxylic acids is 1. The molecule has 0 aliphatic carbocycles. The van der Waals surface area contributed by atoms with Gasteiger partial charge in [-0.15, -0.1) is 0 Å². The van der Waals surface area contributed by atoms with Crippen LogP contribution < -0.4 is 4.90 Å². The van der Waals surface area contributed by atoms with Gasteiger partial charge in [0, 0.05) is 12.7 Å². The molecule has 2 rings (SSSR count). The number of nitrogens with zero attached hydrogens (tertiary/aromatic N) is 1.